The molecule has 0 saturated carbocycles. The van der Waals surface area contributed by atoms with Crippen molar-refractivity contribution in [1.29, 1.82) is 0 Å². The van der Waals surface area contributed by atoms with Gasteiger partial charge in [0.15, 0.2) is 0 Å². The van der Waals surface area contributed by atoms with Gasteiger partial charge < -0.3 is 4.74 Å². The first-order valence-electron chi connectivity index (χ1n) is 5.58. The van der Waals surface area contributed by atoms with Crippen molar-refractivity contribution in [2.75, 3.05) is 0 Å². The van der Waals surface area contributed by atoms with E-state index in [9.17, 15) is 0 Å². The minimum Gasteiger partial charge on any atom is -0.490 e. The highest BCUT2D eigenvalue weighted by Crippen LogP contribution is 2.31. The van der Waals surface area contributed by atoms with Crippen molar-refractivity contribution in [3.8, 4) is 5.75 Å². The van der Waals surface area contributed by atoms with Crippen LogP contribution in [0.3, 0.4) is 0 Å². The molecule has 0 saturated heterocycles. The van der Waals surface area contributed by atoms with Gasteiger partial charge in [0.05, 0.1) is 6.54 Å². The van der Waals surface area contributed by atoms with Gasteiger partial charge in [0.25, 0.3) is 0 Å². The smallest absolute Gasteiger partial charge is 0.123 e. The van der Waals surface area contributed by atoms with E-state index in [-0.39, 0.29) is 0 Å². The number of nitrogens with zero attached hydrogens (tertiary/aromatic N) is 2. The fourth-order valence-electron chi connectivity index (χ4n) is 2.22. The van der Waals surface area contributed by atoms with E-state index in [4.69, 9.17) is 4.74 Å². The Labute approximate surface area is 94.7 Å². The lowest BCUT2D eigenvalue weighted by atomic mass is 10.0. The van der Waals surface area contributed by atoms with Gasteiger partial charge in [-0.3, -0.25) is 4.68 Å². The first-order chi connectivity index (χ1) is 7.83. The molecule has 2 heterocycles. The van der Waals surface area contributed by atoms with E-state index >= 15 is 0 Å². The second kappa shape index (κ2) is 3.67. The van der Waals surface area contributed by atoms with Gasteiger partial charge in [-0.15, -0.1) is 0 Å². The molecule has 0 bridgehead atoms. The van der Waals surface area contributed by atoms with Crippen LogP contribution in [-0.2, 0) is 13.0 Å². The van der Waals surface area contributed by atoms with Crippen LogP contribution in [0.2, 0.25) is 0 Å². The zero-order chi connectivity index (χ0) is 11.0. The Bertz CT molecular complexity index is 491. The topological polar surface area (TPSA) is 27.1 Å². The summed E-state index contributed by atoms with van der Waals surface area (Å²) in [4.78, 5) is 0. The Kier molecular flexibility index (Phi) is 2.17. The summed E-state index contributed by atoms with van der Waals surface area (Å²) in [5.74, 6) is 1.04. The summed E-state index contributed by atoms with van der Waals surface area (Å²) in [5.41, 5.74) is 2.65. The molecule has 0 amide bonds. The van der Waals surface area contributed by atoms with Crippen LogP contribution in [0.15, 0.2) is 36.7 Å². The van der Waals surface area contributed by atoms with E-state index < -0.39 is 0 Å². The zero-order valence-corrected chi connectivity index (χ0v) is 9.26. The summed E-state index contributed by atoms with van der Waals surface area (Å²) in [6, 6.07) is 8.20. The van der Waals surface area contributed by atoms with Gasteiger partial charge in [-0.2, -0.15) is 5.10 Å². The molecule has 1 aliphatic rings. The van der Waals surface area contributed by atoms with Gasteiger partial charge in [-0.1, -0.05) is 12.1 Å². The molecule has 1 aliphatic heterocycles. The Morgan fingerprint density at radius 1 is 1.44 bits per heavy atom. The average molecular weight is 214 g/mol. The standard InChI is InChI=1S/C13H14N2O/c1-10-8-12-11(4-2-5-13(12)16-10)9-15-7-3-6-14-15/h2-7,10H,8-9H2,1H3. The molecule has 0 radical (unpaired) electrons. The summed E-state index contributed by atoms with van der Waals surface area (Å²) < 4.78 is 7.68. The minimum absolute atomic E-state index is 0.300. The van der Waals surface area contributed by atoms with Gasteiger partial charge in [0, 0.05) is 24.4 Å². The van der Waals surface area contributed by atoms with Crippen molar-refractivity contribution < 1.29 is 4.74 Å². The van der Waals surface area contributed by atoms with Crippen molar-refractivity contribution >= 4 is 0 Å². The molecule has 0 aliphatic carbocycles. The molecule has 3 nitrogen and oxygen atoms in total. The molecule has 3 rings (SSSR count). The molecule has 1 atom stereocenters. The van der Waals surface area contributed by atoms with Crippen molar-refractivity contribution in [3.63, 3.8) is 0 Å². The largest absolute Gasteiger partial charge is 0.490 e. The van der Waals surface area contributed by atoms with Gasteiger partial charge >= 0.3 is 0 Å². The molecule has 0 spiro atoms. The average Bonchev–Trinajstić information content (AvgIpc) is 2.86. The molecule has 1 unspecified atom stereocenters. The Hall–Kier alpha value is -1.77. The summed E-state index contributed by atoms with van der Waals surface area (Å²) in [5, 5.41) is 4.23. The number of hydrogen-bond donors (Lipinski definition) is 0. The van der Waals surface area contributed by atoms with Crippen LogP contribution in [-0.4, -0.2) is 15.9 Å². The fraction of sp³-hybridized carbons (Fsp3) is 0.308. The molecule has 2 aromatic rings. The van der Waals surface area contributed by atoms with Crippen molar-refractivity contribution in [2.24, 2.45) is 0 Å². The number of fused-ring (bicyclic) bond motifs is 1. The quantitative estimate of drug-likeness (QED) is 0.766. The highest BCUT2D eigenvalue weighted by molar-refractivity contribution is 5.43. The summed E-state index contributed by atoms with van der Waals surface area (Å²) in [6.07, 6.45) is 5.10. The minimum atomic E-state index is 0.300. The first kappa shape index (κ1) is 9.46. The lowest BCUT2D eigenvalue weighted by Crippen LogP contribution is -2.06. The van der Waals surface area contributed by atoms with Crippen molar-refractivity contribution in [3.05, 3.63) is 47.8 Å². The maximum atomic E-state index is 5.74. The van der Waals surface area contributed by atoms with Crippen molar-refractivity contribution in [1.82, 2.24) is 9.78 Å². The predicted molar refractivity (Wildman–Crippen MR) is 61.6 cm³/mol. The maximum Gasteiger partial charge on any atom is 0.123 e. The predicted octanol–water partition coefficient (Wildman–Crippen LogP) is 2.25. The third-order valence-corrected chi connectivity index (χ3v) is 2.94. The van der Waals surface area contributed by atoms with Gasteiger partial charge in [-0.05, 0) is 24.6 Å². The summed E-state index contributed by atoms with van der Waals surface area (Å²) in [6.45, 7) is 2.93. The third kappa shape index (κ3) is 1.58. The van der Waals surface area contributed by atoms with Crippen LogP contribution in [0.4, 0.5) is 0 Å². The molecule has 16 heavy (non-hydrogen) atoms. The number of ether oxygens (including phenoxy) is 1. The Balaban J connectivity index is 1.94. The Morgan fingerprint density at radius 2 is 2.38 bits per heavy atom. The van der Waals surface area contributed by atoms with E-state index in [2.05, 4.69) is 24.2 Å². The molecular weight excluding hydrogens is 200 g/mol. The van der Waals surface area contributed by atoms with Crippen LogP contribution in [0.25, 0.3) is 0 Å². The van der Waals surface area contributed by atoms with E-state index in [1.54, 1.807) is 0 Å². The van der Waals surface area contributed by atoms with E-state index in [1.165, 1.54) is 11.1 Å². The summed E-state index contributed by atoms with van der Waals surface area (Å²) in [7, 11) is 0. The zero-order valence-electron chi connectivity index (χ0n) is 9.26. The van der Waals surface area contributed by atoms with E-state index in [0.29, 0.717) is 6.10 Å². The molecular formula is C13H14N2O. The molecule has 1 aromatic heterocycles. The third-order valence-electron chi connectivity index (χ3n) is 2.94. The monoisotopic (exact) mass is 214 g/mol. The lowest BCUT2D eigenvalue weighted by Gasteiger charge is -2.06. The fourth-order valence-corrected chi connectivity index (χ4v) is 2.22. The maximum absolute atomic E-state index is 5.74. The van der Waals surface area contributed by atoms with Crippen LogP contribution in [0.5, 0.6) is 5.75 Å². The summed E-state index contributed by atoms with van der Waals surface area (Å²) >= 11 is 0. The number of benzene rings is 1. The molecule has 0 fully saturated rings. The van der Waals surface area contributed by atoms with Gasteiger partial charge in [-0.25, -0.2) is 0 Å². The number of hydrogen-bond acceptors (Lipinski definition) is 2. The second-order valence-corrected chi connectivity index (χ2v) is 4.23. The number of aromatic nitrogens is 2. The second-order valence-electron chi connectivity index (χ2n) is 4.23. The van der Waals surface area contributed by atoms with Crippen LogP contribution < -0.4 is 4.74 Å². The number of rotatable bonds is 2. The van der Waals surface area contributed by atoms with Crippen LogP contribution >= 0.6 is 0 Å². The molecule has 3 heteroatoms. The highest BCUT2D eigenvalue weighted by atomic mass is 16.5. The van der Waals surface area contributed by atoms with E-state index in [0.717, 1.165) is 18.7 Å². The van der Waals surface area contributed by atoms with Gasteiger partial charge in [0.2, 0.25) is 0 Å². The van der Waals surface area contributed by atoms with Crippen molar-refractivity contribution in [2.45, 2.75) is 26.0 Å². The molecule has 82 valence electrons. The highest BCUT2D eigenvalue weighted by Gasteiger charge is 2.21. The molecule has 0 N–H and O–H groups in total. The lowest BCUT2D eigenvalue weighted by molar-refractivity contribution is 0.254. The van der Waals surface area contributed by atoms with Crippen LogP contribution in [0, 0.1) is 0 Å². The SMILES string of the molecule is CC1Cc2c(Cn3cccn3)cccc2O1. The van der Waals surface area contributed by atoms with Crippen LogP contribution in [0.1, 0.15) is 18.1 Å². The normalized spacial score (nSPS) is 18.2. The Morgan fingerprint density at radius 3 is 3.19 bits per heavy atom. The molecule has 1 aromatic carbocycles. The first-order valence-corrected chi connectivity index (χ1v) is 5.58. The van der Waals surface area contributed by atoms with E-state index in [1.807, 2.05) is 29.2 Å². The van der Waals surface area contributed by atoms with Gasteiger partial charge in [0.1, 0.15) is 11.9 Å².